The lowest BCUT2D eigenvalue weighted by atomic mass is 10.1. The average molecular weight is 411 g/mol. The van der Waals surface area contributed by atoms with E-state index in [0.29, 0.717) is 23.6 Å². The zero-order valence-corrected chi connectivity index (χ0v) is 18.0. The van der Waals surface area contributed by atoms with Crippen molar-refractivity contribution in [1.82, 2.24) is 5.32 Å². The van der Waals surface area contributed by atoms with Crippen LogP contribution >= 0.6 is 0 Å². The number of aryl methyl sites for hydroxylation is 2. The molecule has 0 heterocycles. The van der Waals surface area contributed by atoms with Crippen molar-refractivity contribution in [3.05, 3.63) is 65.2 Å². The third-order valence-electron chi connectivity index (χ3n) is 4.62. The van der Waals surface area contributed by atoms with Crippen LogP contribution in [0.3, 0.4) is 0 Å². The fourth-order valence-corrected chi connectivity index (χ4v) is 2.82. The van der Waals surface area contributed by atoms with Gasteiger partial charge in [0.1, 0.15) is 6.54 Å². The van der Waals surface area contributed by atoms with Crippen LogP contribution in [0.2, 0.25) is 0 Å². The number of amides is 2. The third kappa shape index (κ3) is 7.35. The van der Waals surface area contributed by atoms with E-state index in [-0.39, 0.29) is 12.5 Å². The maximum atomic E-state index is 13.0. The van der Waals surface area contributed by atoms with Crippen LogP contribution in [0.4, 0.5) is 5.69 Å². The lowest BCUT2D eigenvalue weighted by Crippen LogP contribution is -2.33. The van der Waals surface area contributed by atoms with Crippen molar-refractivity contribution < 1.29 is 19.1 Å². The SMILES string of the molecule is Cc1ccc(C)c(NC(=O)C(OC(=O)CNC(=O)CCC(C)C)c2ccccc2)c1. The summed E-state index contributed by atoms with van der Waals surface area (Å²) in [5.41, 5.74) is 3.14. The molecule has 6 nitrogen and oxygen atoms in total. The molecule has 2 aromatic rings. The first-order valence-corrected chi connectivity index (χ1v) is 10.2. The Morgan fingerprint density at radius 3 is 2.37 bits per heavy atom. The van der Waals surface area contributed by atoms with Crippen molar-refractivity contribution in [2.75, 3.05) is 11.9 Å². The second-order valence-electron chi connectivity index (χ2n) is 7.80. The molecule has 30 heavy (non-hydrogen) atoms. The van der Waals surface area contributed by atoms with Gasteiger partial charge in [0, 0.05) is 17.7 Å². The minimum Gasteiger partial charge on any atom is -0.446 e. The molecule has 2 aromatic carbocycles. The van der Waals surface area contributed by atoms with Crippen molar-refractivity contribution in [3.63, 3.8) is 0 Å². The Bertz CT molecular complexity index is 878. The lowest BCUT2D eigenvalue weighted by Gasteiger charge is -2.19. The molecule has 6 heteroatoms. The third-order valence-corrected chi connectivity index (χ3v) is 4.62. The zero-order valence-electron chi connectivity index (χ0n) is 18.0. The number of hydrogen-bond donors (Lipinski definition) is 2. The fraction of sp³-hybridized carbons (Fsp3) is 0.375. The van der Waals surface area contributed by atoms with Crippen LogP contribution in [0, 0.1) is 19.8 Å². The maximum Gasteiger partial charge on any atom is 0.326 e. The normalized spacial score (nSPS) is 11.6. The molecule has 0 aliphatic carbocycles. The van der Waals surface area contributed by atoms with Gasteiger partial charge in [-0.3, -0.25) is 14.4 Å². The van der Waals surface area contributed by atoms with E-state index >= 15 is 0 Å². The van der Waals surface area contributed by atoms with Crippen molar-refractivity contribution in [2.45, 2.75) is 46.6 Å². The van der Waals surface area contributed by atoms with Gasteiger partial charge in [-0.2, -0.15) is 0 Å². The Morgan fingerprint density at radius 2 is 1.70 bits per heavy atom. The number of benzene rings is 2. The summed E-state index contributed by atoms with van der Waals surface area (Å²) in [7, 11) is 0. The Kier molecular flexibility index (Phi) is 8.59. The molecule has 0 aromatic heterocycles. The maximum absolute atomic E-state index is 13.0. The van der Waals surface area contributed by atoms with Crippen LogP contribution in [0.5, 0.6) is 0 Å². The summed E-state index contributed by atoms with van der Waals surface area (Å²) in [5, 5.41) is 5.40. The highest BCUT2D eigenvalue weighted by atomic mass is 16.5. The number of nitrogens with one attached hydrogen (secondary N) is 2. The van der Waals surface area contributed by atoms with Crippen LogP contribution in [-0.4, -0.2) is 24.3 Å². The number of esters is 1. The molecule has 2 N–H and O–H groups in total. The quantitative estimate of drug-likeness (QED) is 0.610. The molecule has 1 unspecified atom stereocenters. The van der Waals surface area contributed by atoms with E-state index in [2.05, 4.69) is 10.6 Å². The first-order valence-electron chi connectivity index (χ1n) is 10.2. The fourth-order valence-electron chi connectivity index (χ4n) is 2.82. The van der Waals surface area contributed by atoms with Gasteiger partial charge in [-0.05, 0) is 43.4 Å². The minimum atomic E-state index is -1.12. The minimum absolute atomic E-state index is 0.211. The predicted molar refractivity (Wildman–Crippen MR) is 117 cm³/mol. The molecule has 0 saturated heterocycles. The summed E-state index contributed by atoms with van der Waals surface area (Å²) in [6, 6.07) is 14.6. The van der Waals surface area contributed by atoms with Gasteiger partial charge in [-0.15, -0.1) is 0 Å². The van der Waals surface area contributed by atoms with Crippen molar-refractivity contribution in [1.29, 1.82) is 0 Å². The van der Waals surface area contributed by atoms with Gasteiger partial charge in [0.2, 0.25) is 12.0 Å². The Labute approximate surface area is 178 Å². The number of ether oxygens (including phenoxy) is 1. The molecule has 0 aliphatic heterocycles. The van der Waals surface area contributed by atoms with Gasteiger partial charge < -0.3 is 15.4 Å². The van der Waals surface area contributed by atoms with Gasteiger partial charge in [0.25, 0.3) is 5.91 Å². The number of carbonyl (C=O) groups excluding carboxylic acids is 3. The molecule has 0 radical (unpaired) electrons. The molecule has 0 spiro atoms. The second-order valence-corrected chi connectivity index (χ2v) is 7.80. The van der Waals surface area contributed by atoms with Crippen molar-refractivity contribution >= 4 is 23.5 Å². The standard InChI is InChI=1S/C24H30N2O4/c1-16(2)10-13-21(27)25-15-22(28)30-23(19-8-6-5-7-9-19)24(29)26-20-14-17(3)11-12-18(20)4/h5-9,11-12,14,16,23H,10,13,15H2,1-4H3,(H,25,27)(H,26,29). The highest BCUT2D eigenvalue weighted by Crippen LogP contribution is 2.22. The first kappa shape index (κ1) is 23.1. The van der Waals surface area contributed by atoms with Crippen LogP contribution < -0.4 is 10.6 Å². The molecule has 2 rings (SSSR count). The van der Waals surface area contributed by atoms with E-state index in [1.807, 2.05) is 52.0 Å². The molecule has 0 bridgehead atoms. The number of carbonyl (C=O) groups is 3. The van der Waals surface area contributed by atoms with E-state index in [9.17, 15) is 14.4 Å². The van der Waals surface area contributed by atoms with E-state index in [1.165, 1.54) is 0 Å². The van der Waals surface area contributed by atoms with Gasteiger partial charge >= 0.3 is 5.97 Å². The molecule has 0 saturated carbocycles. The molecule has 2 amide bonds. The van der Waals surface area contributed by atoms with E-state index < -0.39 is 18.0 Å². The highest BCUT2D eigenvalue weighted by molar-refractivity contribution is 5.97. The van der Waals surface area contributed by atoms with Crippen LogP contribution in [-0.2, 0) is 19.1 Å². The summed E-state index contributed by atoms with van der Waals surface area (Å²) in [6.45, 7) is 7.61. The van der Waals surface area contributed by atoms with Crippen LogP contribution in [0.15, 0.2) is 48.5 Å². The van der Waals surface area contributed by atoms with E-state index in [4.69, 9.17) is 4.74 Å². The second kappa shape index (κ2) is 11.1. The summed E-state index contributed by atoms with van der Waals surface area (Å²) >= 11 is 0. The largest absolute Gasteiger partial charge is 0.446 e. The summed E-state index contributed by atoms with van der Waals surface area (Å²) in [4.78, 5) is 37.1. The summed E-state index contributed by atoms with van der Waals surface area (Å²) < 4.78 is 5.45. The average Bonchev–Trinajstić information content (AvgIpc) is 2.72. The molecule has 160 valence electrons. The Morgan fingerprint density at radius 1 is 1.00 bits per heavy atom. The molecule has 0 aliphatic rings. The van der Waals surface area contributed by atoms with E-state index in [1.54, 1.807) is 24.3 Å². The summed E-state index contributed by atoms with van der Waals surface area (Å²) in [5.74, 6) is -0.928. The topological polar surface area (TPSA) is 84.5 Å². The van der Waals surface area contributed by atoms with Crippen LogP contribution in [0.25, 0.3) is 0 Å². The predicted octanol–water partition coefficient (Wildman–Crippen LogP) is 4.08. The van der Waals surface area contributed by atoms with Gasteiger partial charge in [-0.25, -0.2) is 0 Å². The van der Waals surface area contributed by atoms with Gasteiger partial charge in [0.05, 0.1) is 0 Å². The first-order chi connectivity index (χ1) is 14.3. The van der Waals surface area contributed by atoms with Crippen LogP contribution in [0.1, 0.15) is 49.5 Å². The molecular weight excluding hydrogens is 380 g/mol. The number of rotatable bonds is 9. The number of anilines is 1. The number of hydrogen-bond acceptors (Lipinski definition) is 4. The molecular formula is C24H30N2O4. The van der Waals surface area contributed by atoms with E-state index in [0.717, 1.165) is 17.5 Å². The molecule has 1 atom stereocenters. The zero-order chi connectivity index (χ0) is 22.1. The lowest BCUT2D eigenvalue weighted by molar-refractivity contribution is -0.154. The van der Waals surface area contributed by atoms with Gasteiger partial charge in [0.15, 0.2) is 0 Å². The Hall–Kier alpha value is -3.15. The van der Waals surface area contributed by atoms with Gasteiger partial charge in [-0.1, -0.05) is 56.3 Å². The monoisotopic (exact) mass is 410 g/mol. The van der Waals surface area contributed by atoms with Crippen molar-refractivity contribution in [3.8, 4) is 0 Å². The Balaban J connectivity index is 2.06. The summed E-state index contributed by atoms with van der Waals surface area (Å²) in [6.07, 6.45) is -0.0300. The van der Waals surface area contributed by atoms with Crippen molar-refractivity contribution in [2.24, 2.45) is 5.92 Å². The molecule has 0 fully saturated rings. The highest BCUT2D eigenvalue weighted by Gasteiger charge is 2.25. The smallest absolute Gasteiger partial charge is 0.326 e.